The number of pyridine rings is 1. The van der Waals surface area contributed by atoms with Crippen molar-refractivity contribution in [2.45, 2.75) is 68.9 Å². The predicted molar refractivity (Wildman–Crippen MR) is 152 cm³/mol. The number of carbonyl (C=O) groups is 1. The van der Waals surface area contributed by atoms with Gasteiger partial charge in [-0.05, 0) is 45.4 Å². The second-order valence-corrected chi connectivity index (χ2v) is 12.0. The molecule has 44 heavy (non-hydrogen) atoms. The van der Waals surface area contributed by atoms with Crippen LogP contribution in [0, 0.1) is 17.1 Å². The monoisotopic (exact) mass is 614 g/mol. The Labute approximate surface area is 252 Å². The van der Waals surface area contributed by atoms with E-state index in [0.29, 0.717) is 63.2 Å². The Morgan fingerprint density at radius 2 is 2.02 bits per heavy atom. The van der Waals surface area contributed by atoms with Gasteiger partial charge in [0.1, 0.15) is 18.0 Å². The van der Waals surface area contributed by atoms with E-state index in [-0.39, 0.29) is 36.6 Å². The van der Waals surface area contributed by atoms with E-state index in [4.69, 9.17) is 14.7 Å². The van der Waals surface area contributed by atoms with E-state index in [1.165, 1.54) is 6.08 Å². The van der Waals surface area contributed by atoms with Crippen molar-refractivity contribution in [3.05, 3.63) is 47.7 Å². The normalized spacial score (nSPS) is 23.0. The molecule has 0 radical (unpaired) electrons. The number of piperazine rings is 1. The molecule has 4 aliphatic rings. The summed E-state index contributed by atoms with van der Waals surface area (Å²) in [6, 6.07) is 2.06. The van der Waals surface area contributed by atoms with Gasteiger partial charge in [-0.3, -0.25) is 9.78 Å². The Kier molecular flexibility index (Phi) is 7.85. The second-order valence-electron chi connectivity index (χ2n) is 12.0. The van der Waals surface area contributed by atoms with Crippen molar-refractivity contribution in [2.75, 3.05) is 49.6 Å². The minimum Gasteiger partial charge on any atom is -0.462 e. The largest absolute Gasteiger partial charge is 0.462 e. The van der Waals surface area contributed by atoms with E-state index in [9.17, 15) is 27.6 Å². The molecule has 1 spiro atoms. The lowest BCUT2D eigenvalue weighted by Crippen LogP contribution is -2.55. The number of anilines is 2. The van der Waals surface area contributed by atoms with Crippen molar-refractivity contribution >= 4 is 17.4 Å². The zero-order chi connectivity index (χ0) is 31.2. The number of carbonyl (C=O) groups excluding carboxylic acids is 1. The quantitative estimate of drug-likeness (QED) is 0.341. The van der Waals surface area contributed by atoms with E-state index >= 15 is 0 Å². The van der Waals surface area contributed by atoms with Gasteiger partial charge in [-0.15, -0.1) is 0 Å². The van der Waals surface area contributed by atoms with Crippen molar-refractivity contribution in [1.82, 2.24) is 24.8 Å². The molecule has 6 rings (SSSR count). The van der Waals surface area contributed by atoms with Crippen molar-refractivity contribution in [1.29, 1.82) is 5.26 Å². The van der Waals surface area contributed by atoms with Crippen LogP contribution in [0.2, 0.25) is 0 Å². The third-order valence-electron chi connectivity index (χ3n) is 9.36. The van der Waals surface area contributed by atoms with Crippen LogP contribution in [0.25, 0.3) is 0 Å². The van der Waals surface area contributed by atoms with Crippen molar-refractivity contribution in [2.24, 2.45) is 0 Å². The fourth-order valence-corrected chi connectivity index (χ4v) is 6.81. The summed E-state index contributed by atoms with van der Waals surface area (Å²) in [6.07, 6.45) is 1.71. The highest BCUT2D eigenvalue weighted by Gasteiger charge is 2.54. The zero-order valence-corrected chi connectivity index (χ0v) is 24.5. The van der Waals surface area contributed by atoms with E-state index in [1.54, 1.807) is 9.80 Å². The smallest absolute Gasteiger partial charge is 0.421 e. The number of nitrogens with zero attached hydrogens (tertiary/aromatic N) is 8. The van der Waals surface area contributed by atoms with Gasteiger partial charge in [0.2, 0.25) is 5.91 Å². The van der Waals surface area contributed by atoms with Crippen molar-refractivity contribution in [3.63, 3.8) is 0 Å². The number of ether oxygens (including phenoxy) is 1. The van der Waals surface area contributed by atoms with Gasteiger partial charge in [0.15, 0.2) is 5.82 Å². The van der Waals surface area contributed by atoms with Crippen LogP contribution in [0.15, 0.2) is 25.0 Å². The van der Waals surface area contributed by atoms with Crippen LogP contribution in [-0.4, -0.2) is 88.1 Å². The standard InChI is InChI=1S/C30H34F4N8O2/c1-3-25(43)41-12-11-40(16-19(41)6-9-35)27-21-13-29(7-8-29)42(24-15-36-14-22(31)26(24)30(32,33)34)17-23(21)37-28(38-27)44-18-20-5-4-10-39(20)2/h3,14-15,19-20H,1,4-8,10-13,16-18H2,2H3/t19-,20-/m0/s1. The van der Waals surface area contributed by atoms with E-state index in [2.05, 4.69) is 22.5 Å². The summed E-state index contributed by atoms with van der Waals surface area (Å²) in [5.74, 6) is -1.08. The molecule has 3 aliphatic heterocycles. The first-order chi connectivity index (χ1) is 21.0. The predicted octanol–water partition coefficient (Wildman–Crippen LogP) is 3.71. The minimum atomic E-state index is -4.91. The molecule has 0 unspecified atom stereocenters. The number of aromatic nitrogens is 3. The van der Waals surface area contributed by atoms with Gasteiger partial charge in [-0.25, -0.2) is 4.39 Å². The first-order valence-electron chi connectivity index (χ1n) is 14.8. The molecule has 1 amide bonds. The van der Waals surface area contributed by atoms with Crippen LogP contribution in [0.5, 0.6) is 6.01 Å². The van der Waals surface area contributed by atoms with Gasteiger partial charge in [-0.2, -0.15) is 28.4 Å². The number of hydrogen-bond donors (Lipinski definition) is 0. The van der Waals surface area contributed by atoms with Crippen LogP contribution in [-0.2, 0) is 23.9 Å². The van der Waals surface area contributed by atoms with Gasteiger partial charge < -0.3 is 24.3 Å². The summed E-state index contributed by atoms with van der Waals surface area (Å²) < 4.78 is 63.0. The molecule has 14 heteroatoms. The third kappa shape index (κ3) is 5.53. The maximum absolute atomic E-state index is 14.6. The van der Waals surface area contributed by atoms with Crippen molar-refractivity contribution < 1.29 is 27.1 Å². The minimum absolute atomic E-state index is 0.00467. The topological polar surface area (TPSA) is 102 Å². The summed E-state index contributed by atoms with van der Waals surface area (Å²) in [4.78, 5) is 33.3. The number of fused-ring (bicyclic) bond motifs is 1. The van der Waals surface area contributed by atoms with Gasteiger partial charge in [0.25, 0.3) is 0 Å². The number of hydrogen-bond acceptors (Lipinski definition) is 9. The molecule has 2 aromatic heterocycles. The van der Waals surface area contributed by atoms with Crippen LogP contribution >= 0.6 is 0 Å². The lowest BCUT2D eigenvalue weighted by atomic mass is 9.93. The molecule has 0 aromatic carbocycles. The fraction of sp³-hybridized carbons (Fsp3) is 0.567. The highest BCUT2D eigenvalue weighted by molar-refractivity contribution is 5.87. The maximum atomic E-state index is 14.6. The second kappa shape index (κ2) is 11.5. The number of amides is 1. The van der Waals surface area contributed by atoms with E-state index in [1.807, 2.05) is 11.9 Å². The summed E-state index contributed by atoms with van der Waals surface area (Å²) in [7, 11) is 2.03. The third-order valence-corrected chi connectivity index (χ3v) is 9.36. The van der Waals surface area contributed by atoms with Crippen LogP contribution in [0.4, 0.5) is 29.1 Å². The fourth-order valence-electron chi connectivity index (χ4n) is 6.81. The summed E-state index contributed by atoms with van der Waals surface area (Å²) in [5.41, 5.74) is -1.01. The SMILES string of the molecule is C=CC(=O)N1CCN(c2nc(OC[C@@H]3CCCN3C)nc3c2CC2(CC2)N(c2cncc(F)c2C(F)(F)F)C3)C[C@@H]1CC#N. The van der Waals surface area contributed by atoms with E-state index < -0.39 is 29.1 Å². The maximum Gasteiger partial charge on any atom is 0.421 e. The first-order valence-corrected chi connectivity index (χ1v) is 14.8. The number of likely N-dealkylation sites (N-methyl/N-ethyl adjacent to an activating group) is 1. The van der Waals surface area contributed by atoms with E-state index in [0.717, 1.165) is 31.1 Å². The molecule has 10 nitrogen and oxygen atoms in total. The molecule has 3 fully saturated rings. The molecule has 1 aliphatic carbocycles. The van der Waals surface area contributed by atoms with Crippen LogP contribution < -0.4 is 14.5 Å². The Bertz CT molecular complexity index is 1490. The van der Waals surface area contributed by atoms with Gasteiger partial charge in [0, 0.05) is 43.2 Å². The number of likely N-dealkylation sites (tertiary alicyclic amines) is 1. The van der Waals surface area contributed by atoms with Crippen molar-refractivity contribution in [3.8, 4) is 12.1 Å². The average Bonchev–Trinajstić information content (AvgIpc) is 3.63. The number of rotatable bonds is 7. The van der Waals surface area contributed by atoms with Gasteiger partial charge in [-0.1, -0.05) is 6.58 Å². The summed E-state index contributed by atoms with van der Waals surface area (Å²) >= 11 is 0. The summed E-state index contributed by atoms with van der Waals surface area (Å²) in [5, 5.41) is 9.49. The molecule has 0 N–H and O–H groups in total. The van der Waals surface area contributed by atoms with Crippen LogP contribution in [0.3, 0.4) is 0 Å². The Morgan fingerprint density at radius 3 is 2.68 bits per heavy atom. The molecule has 234 valence electrons. The van der Waals surface area contributed by atoms with Gasteiger partial charge >= 0.3 is 12.2 Å². The highest BCUT2D eigenvalue weighted by atomic mass is 19.4. The molecule has 2 saturated heterocycles. The molecule has 2 atom stereocenters. The number of alkyl halides is 3. The Morgan fingerprint density at radius 1 is 1.23 bits per heavy atom. The molecular weight excluding hydrogens is 580 g/mol. The molecule has 5 heterocycles. The Balaban J connectivity index is 1.39. The highest BCUT2D eigenvalue weighted by Crippen LogP contribution is 2.53. The summed E-state index contributed by atoms with van der Waals surface area (Å²) in [6.45, 7) is 6.01. The zero-order valence-electron chi connectivity index (χ0n) is 24.5. The first kappa shape index (κ1) is 30.1. The molecule has 0 bridgehead atoms. The average molecular weight is 615 g/mol. The molecular formula is C30H34F4N8O2. The van der Waals surface area contributed by atoms with Gasteiger partial charge in [0.05, 0.1) is 48.9 Å². The number of nitriles is 1. The lowest BCUT2D eigenvalue weighted by Gasteiger charge is -2.44. The molecule has 1 saturated carbocycles. The Hall–Kier alpha value is -3.99. The lowest BCUT2D eigenvalue weighted by molar-refractivity contribution is -0.139. The number of halogens is 4. The molecule has 2 aromatic rings. The van der Waals surface area contributed by atoms with Crippen LogP contribution in [0.1, 0.15) is 48.9 Å².